The van der Waals surface area contributed by atoms with E-state index in [0.717, 1.165) is 33.5 Å². The third kappa shape index (κ3) is 3.17. The Morgan fingerprint density at radius 1 is 1.33 bits per heavy atom. The summed E-state index contributed by atoms with van der Waals surface area (Å²) in [5.41, 5.74) is 4.65. The van der Waals surface area contributed by atoms with Gasteiger partial charge in [0.1, 0.15) is 5.58 Å². The minimum absolute atomic E-state index is 0.0280. The van der Waals surface area contributed by atoms with Crippen LogP contribution >= 0.6 is 11.6 Å². The highest BCUT2D eigenvalue weighted by Crippen LogP contribution is 2.29. The first kappa shape index (κ1) is 16.6. The molecule has 5 nitrogen and oxygen atoms in total. The smallest absolute Gasteiger partial charge is 0.224 e. The molecule has 6 heteroatoms. The summed E-state index contributed by atoms with van der Waals surface area (Å²) < 4.78 is 7.61. The van der Waals surface area contributed by atoms with Crippen molar-refractivity contribution in [2.24, 2.45) is 0 Å². The van der Waals surface area contributed by atoms with Crippen LogP contribution in [0.2, 0.25) is 5.02 Å². The lowest BCUT2D eigenvalue weighted by molar-refractivity contribution is -0.120. The first-order chi connectivity index (χ1) is 11.5. The van der Waals surface area contributed by atoms with Crippen LogP contribution in [0.4, 0.5) is 0 Å². The molecule has 126 valence electrons. The topological polar surface area (TPSA) is 60.1 Å². The Morgan fingerprint density at radius 2 is 2.12 bits per heavy atom. The summed E-state index contributed by atoms with van der Waals surface area (Å²) >= 11 is 6.10. The highest BCUT2D eigenvalue weighted by atomic mass is 35.5. The maximum Gasteiger partial charge on any atom is 0.224 e. The van der Waals surface area contributed by atoms with E-state index in [0.29, 0.717) is 18.1 Å². The van der Waals surface area contributed by atoms with E-state index in [4.69, 9.17) is 16.0 Å². The van der Waals surface area contributed by atoms with Crippen LogP contribution in [0, 0.1) is 20.8 Å². The molecule has 0 spiro atoms. The molecule has 0 saturated heterocycles. The lowest BCUT2D eigenvalue weighted by Crippen LogP contribution is -2.28. The van der Waals surface area contributed by atoms with Crippen LogP contribution in [-0.2, 0) is 17.8 Å². The van der Waals surface area contributed by atoms with Gasteiger partial charge in [0.05, 0.1) is 24.7 Å². The molecule has 0 aliphatic rings. The van der Waals surface area contributed by atoms with Crippen molar-refractivity contribution >= 4 is 28.5 Å². The van der Waals surface area contributed by atoms with Crippen LogP contribution in [0.5, 0.6) is 0 Å². The summed E-state index contributed by atoms with van der Waals surface area (Å²) in [7, 11) is 0. The molecule has 0 atom stereocenters. The zero-order chi connectivity index (χ0) is 17.3. The normalized spacial score (nSPS) is 11.2. The van der Waals surface area contributed by atoms with E-state index in [1.165, 1.54) is 0 Å². The lowest BCUT2D eigenvalue weighted by atomic mass is 10.1. The summed E-state index contributed by atoms with van der Waals surface area (Å²) in [6.07, 6.45) is 3.72. The molecule has 1 amide bonds. The molecule has 2 aromatic heterocycles. The molecule has 0 aliphatic carbocycles. The van der Waals surface area contributed by atoms with E-state index in [1.54, 1.807) is 12.6 Å². The molecule has 1 aromatic carbocycles. The van der Waals surface area contributed by atoms with Gasteiger partial charge in [0.15, 0.2) is 0 Å². The van der Waals surface area contributed by atoms with Crippen molar-refractivity contribution < 1.29 is 9.21 Å². The van der Waals surface area contributed by atoms with Crippen LogP contribution in [0.15, 0.2) is 29.1 Å². The number of nitrogens with one attached hydrogen (secondary N) is 1. The van der Waals surface area contributed by atoms with E-state index in [1.807, 2.05) is 37.5 Å². The Morgan fingerprint density at radius 3 is 2.83 bits per heavy atom. The van der Waals surface area contributed by atoms with Gasteiger partial charge < -0.3 is 14.3 Å². The number of nitrogens with zero attached hydrogens (tertiary/aromatic N) is 2. The van der Waals surface area contributed by atoms with Gasteiger partial charge in [0, 0.05) is 40.3 Å². The van der Waals surface area contributed by atoms with E-state index >= 15 is 0 Å². The number of furan rings is 1. The fraction of sp³-hybridized carbons (Fsp3) is 0.333. The van der Waals surface area contributed by atoms with Crippen molar-refractivity contribution in [3.63, 3.8) is 0 Å². The van der Waals surface area contributed by atoms with Crippen molar-refractivity contribution in [3.05, 3.63) is 52.3 Å². The zero-order valence-electron chi connectivity index (χ0n) is 14.0. The van der Waals surface area contributed by atoms with Crippen LogP contribution in [0.1, 0.15) is 22.5 Å². The quantitative estimate of drug-likeness (QED) is 0.769. The molecular formula is C18H20ClN3O2. The average molecular weight is 346 g/mol. The minimum Gasteiger partial charge on any atom is -0.464 e. The molecule has 0 saturated carbocycles. The highest BCUT2D eigenvalue weighted by Gasteiger charge is 2.13. The van der Waals surface area contributed by atoms with Crippen LogP contribution in [-0.4, -0.2) is 22.0 Å². The summed E-state index contributed by atoms with van der Waals surface area (Å²) in [5.74, 6) is -0.0280. The Balaban J connectivity index is 1.61. The maximum absolute atomic E-state index is 12.2. The van der Waals surface area contributed by atoms with Crippen LogP contribution in [0.25, 0.3) is 11.0 Å². The van der Waals surface area contributed by atoms with Crippen LogP contribution < -0.4 is 5.32 Å². The standard InChI is InChI=1S/C18H20ClN3O2/c1-11-16(19)5-4-15-14(9-24-18(11)15)8-17(23)20-6-7-22-10-21-12(2)13(22)3/h4-5,9-10H,6-8H2,1-3H3,(H,20,23). The van der Waals surface area contributed by atoms with Gasteiger partial charge in [0.25, 0.3) is 0 Å². The molecule has 2 heterocycles. The number of imidazole rings is 1. The largest absolute Gasteiger partial charge is 0.464 e. The molecular weight excluding hydrogens is 326 g/mol. The second-order valence-electron chi connectivity index (χ2n) is 5.95. The summed E-state index contributed by atoms with van der Waals surface area (Å²) in [6, 6.07) is 3.73. The predicted octanol–water partition coefficient (Wildman–Crippen LogP) is 3.57. The molecule has 0 fully saturated rings. The molecule has 0 unspecified atom stereocenters. The molecule has 0 radical (unpaired) electrons. The monoisotopic (exact) mass is 345 g/mol. The number of halogens is 1. The van der Waals surface area contributed by atoms with Gasteiger partial charge in [-0.1, -0.05) is 11.6 Å². The fourth-order valence-electron chi connectivity index (χ4n) is 2.72. The van der Waals surface area contributed by atoms with Crippen molar-refractivity contribution in [1.29, 1.82) is 0 Å². The second-order valence-corrected chi connectivity index (χ2v) is 6.35. The Kier molecular flexibility index (Phi) is 4.62. The summed E-state index contributed by atoms with van der Waals surface area (Å²) in [6.45, 7) is 7.18. The van der Waals surface area contributed by atoms with E-state index in [2.05, 4.69) is 10.3 Å². The molecule has 1 N–H and O–H groups in total. The maximum atomic E-state index is 12.2. The minimum atomic E-state index is -0.0280. The zero-order valence-corrected chi connectivity index (χ0v) is 14.8. The van der Waals surface area contributed by atoms with Gasteiger partial charge in [-0.2, -0.15) is 0 Å². The Hall–Kier alpha value is -2.27. The number of amides is 1. The third-order valence-electron chi connectivity index (χ3n) is 4.38. The number of aromatic nitrogens is 2. The first-order valence-corrected chi connectivity index (χ1v) is 8.25. The molecule has 3 aromatic rings. The van der Waals surface area contributed by atoms with E-state index < -0.39 is 0 Å². The van der Waals surface area contributed by atoms with Gasteiger partial charge in [-0.15, -0.1) is 0 Å². The predicted molar refractivity (Wildman–Crippen MR) is 94.4 cm³/mol. The Bertz CT molecular complexity index is 895. The third-order valence-corrected chi connectivity index (χ3v) is 4.79. The molecule has 3 rings (SSSR count). The molecule has 24 heavy (non-hydrogen) atoms. The number of aryl methyl sites for hydroxylation is 2. The van der Waals surface area contributed by atoms with Gasteiger partial charge in [-0.3, -0.25) is 4.79 Å². The number of benzene rings is 1. The number of hydrogen-bond acceptors (Lipinski definition) is 3. The van der Waals surface area contributed by atoms with Crippen molar-refractivity contribution in [1.82, 2.24) is 14.9 Å². The van der Waals surface area contributed by atoms with Crippen molar-refractivity contribution in [2.45, 2.75) is 33.7 Å². The van der Waals surface area contributed by atoms with Crippen LogP contribution in [0.3, 0.4) is 0 Å². The average Bonchev–Trinajstić information content (AvgIpc) is 3.09. The fourth-order valence-corrected chi connectivity index (χ4v) is 2.87. The molecule has 0 bridgehead atoms. The van der Waals surface area contributed by atoms with E-state index in [-0.39, 0.29) is 12.3 Å². The van der Waals surface area contributed by atoms with E-state index in [9.17, 15) is 4.79 Å². The highest BCUT2D eigenvalue weighted by molar-refractivity contribution is 6.32. The van der Waals surface area contributed by atoms with Crippen molar-refractivity contribution in [3.8, 4) is 0 Å². The molecule has 0 aliphatic heterocycles. The van der Waals surface area contributed by atoms with Gasteiger partial charge in [-0.25, -0.2) is 4.98 Å². The van der Waals surface area contributed by atoms with Gasteiger partial charge in [-0.05, 0) is 32.9 Å². The van der Waals surface area contributed by atoms with Crippen molar-refractivity contribution in [2.75, 3.05) is 6.54 Å². The number of hydrogen-bond donors (Lipinski definition) is 1. The number of carbonyl (C=O) groups is 1. The number of rotatable bonds is 5. The number of carbonyl (C=O) groups excluding carboxylic acids is 1. The summed E-state index contributed by atoms with van der Waals surface area (Å²) in [5, 5.41) is 4.55. The lowest BCUT2D eigenvalue weighted by Gasteiger charge is -2.07. The summed E-state index contributed by atoms with van der Waals surface area (Å²) in [4.78, 5) is 16.4. The van der Waals surface area contributed by atoms with Gasteiger partial charge >= 0.3 is 0 Å². The number of fused-ring (bicyclic) bond motifs is 1. The van der Waals surface area contributed by atoms with Gasteiger partial charge in [0.2, 0.25) is 5.91 Å². The second kappa shape index (κ2) is 6.69. The SMILES string of the molecule is Cc1ncn(CCNC(=O)Cc2coc3c(C)c(Cl)ccc23)c1C. The Labute approximate surface area is 145 Å². The first-order valence-electron chi connectivity index (χ1n) is 7.87.